The van der Waals surface area contributed by atoms with Gasteiger partial charge in [-0.1, -0.05) is 6.08 Å². The molecule has 0 saturated carbocycles. The summed E-state index contributed by atoms with van der Waals surface area (Å²) < 4.78 is 0. The molecule has 0 aromatic carbocycles. The van der Waals surface area contributed by atoms with Gasteiger partial charge in [-0.2, -0.15) is 0 Å². The number of piperidine rings is 1. The second-order valence-corrected chi connectivity index (χ2v) is 3.92. The zero-order valence-electron chi connectivity index (χ0n) is 7.65. The van der Waals surface area contributed by atoms with Crippen molar-refractivity contribution in [2.75, 3.05) is 0 Å². The molecule has 3 heteroatoms. The molecule has 2 saturated heterocycles. The summed E-state index contributed by atoms with van der Waals surface area (Å²) in [6.45, 7) is 3.71. The van der Waals surface area contributed by atoms with Crippen molar-refractivity contribution in [3.05, 3.63) is 12.7 Å². The number of aliphatic hydroxyl groups is 1. The smallest absolute Gasteiger partial charge is 0.223 e. The van der Waals surface area contributed by atoms with E-state index in [0.717, 1.165) is 12.8 Å². The third kappa shape index (κ3) is 1.37. The minimum Gasteiger partial charge on any atom is -0.393 e. The number of amides is 1. The van der Waals surface area contributed by atoms with Crippen molar-refractivity contribution >= 4 is 5.91 Å². The van der Waals surface area contributed by atoms with Gasteiger partial charge >= 0.3 is 0 Å². The van der Waals surface area contributed by atoms with Gasteiger partial charge in [0, 0.05) is 12.5 Å². The fourth-order valence-corrected chi connectivity index (χ4v) is 2.46. The highest BCUT2D eigenvalue weighted by Gasteiger charge is 2.40. The van der Waals surface area contributed by atoms with Crippen molar-refractivity contribution in [1.82, 2.24) is 4.90 Å². The Balaban J connectivity index is 2.18. The van der Waals surface area contributed by atoms with Crippen molar-refractivity contribution in [3.8, 4) is 0 Å². The van der Waals surface area contributed by atoms with Gasteiger partial charge in [0.1, 0.15) is 0 Å². The highest BCUT2D eigenvalue weighted by molar-refractivity contribution is 5.79. The number of hydrogen-bond acceptors (Lipinski definition) is 2. The van der Waals surface area contributed by atoms with Crippen LogP contribution in [0.25, 0.3) is 0 Å². The first-order valence-electron chi connectivity index (χ1n) is 4.84. The van der Waals surface area contributed by atoms with E-state index in [1.807, 2.05) is 4.90 Å². The van der Waals surface area contributed by atoms with Crippen LogP contribution in [0.2, 0.25) is 0 Å². The van der Waals surface area contributed by atoms with Crippen molar-refractivity contribution in [1.29, 1.82) is 0 Å². The van der Waals surface area contributed by atoms with Crippen LogP contribution in [0.4, 0.5) is 0 Å². The van der Waals surface area contributed by atoms with Gasteiger partial charge in [0.2, 0.25) is 5.91 Å². The summed E-state index contributed by atoms with van der Waals surface area (Å²) in [5.74, 6) is 0.224. The second-order valence-electron chi connectivity index (χ2n) is 3.92. The number of rotatable bonds is 1. The van der Waals surface area contributed by atoms with E-state index in [4.69, 9.17) is 0 Å². The fourth-order valence-electron chi connectivity index (χ4n) is 2.46. The molecule has 0 aromatic heterocycles. The number of carbonyl (C=O) groups is 1. The van der Waals surface area contributed by atoms with E-state index in [1.165, 1.54) is 0 Å². The van der Waals surface area contributed by atoms with Gasteiger partial charge in [-0.3, -0.25) is 4.79 Å². The molecule has 72 valence electrons. The molecule has 0 aromatic rings. The molecule has 0 spiro atoms. The van der Waals surface area contributed by atoms with E-state index in [1.54, 1.807) is 6.08 Å². The molecule has 13 heavy (non-hydrogen) atoms. The summed E-state index contributed by atoms with van der Waals surface area (Å²) in [6.07, 6.45) is 4.47. The maximum atomic E-state index is 11.5. The molecule has 2 aliphatic rings. The third-order valence-corrected chi connectivity index (χ3v) is 3.06. The SMILES string of the molecule is C=CC1CC(O)CC2CCC(=O)N12. The predicted molar refractivity (Wildman–Crippen MR) is 49.1 cm³/mol. The largest absolute Gasteiger partial charge is 0.393 e. The Morgan fingerprint density at radius 2 is 2.31 bits per heavy atom. The topological polar surface area (TPSA) is 40.5 Å². The molecule has 2 heterocycles. The lowest BCUT2D eigenvalue weighted by atomic mass is 9.94. The number of carbonyl (C=O) groups excluding carboxylic acids is 1. The molecule has 0 aliphatic carbocycles. The van der Waals surface area contributed by atoms with Crippen LogP contribution in [-0.4, -0.2) is 34.1 Å². The van der Waals surface area contributed by atoms with Crippen LogP contribution in [0.5, 0.6) is 0 Å². The number of aliphatic hydroxyl groups excluding tert-OH is 1. The summed E-state index contributed by atoms with van der Waals surface area (Å²) in [7, 11) is 0. The van der Waals surface area contributed by atoms with Gasteiger partial charge < -0.3 is 10.0 Å². The van der Waals surface area contributed by atoms with Crippen LogP contribution < -0.4 is 0 Å². The molecule has 3 unspecified atom stereocenters. The van der Waals surface area contributed by atoms with E-state index < -0.39 is 0 Å². The van der Waals surface area contributed by atoms with E-state index in [0.29, 0.717) is 12.8 Å². The Labute approximate surface area is 78.0 Å². The monoisotopic (exact) mass is 181 g/mol. The van der Waals surface area contributed by atoms with E-state index in [-0.39, 0.29) is 24.1 Å². The average molecular weight is 181 g/mol. The standard InChI is InChI=1S/C10H15NO2/c1-2-7-5-9(12)6-8-3-4-10(13)11(7)8/h2,7-9,12H,1,3-6H2. The lowest BCUT2D eigenvalue weighted by Crippen LogP contribution is -2.48. The maximum absolute atomic E-state index is 11.5. The number of fused-ring (bicyclic) bond motifs is 1. The zero-order chi connectivity index (χ0) is 9.42. The summed E-state index contributed by atoms with van der Waals surface area (Å²) in [4.78, 5) is 13.4. The minimum atomic E-state index is -0.254. The summed E-state index contributed by atoms with van der Waals surface area (Å²) in [6, 6.07) is 0.322. The summed E-state index contributed by atoms with van der Waals surface area (Å²) >= 11 is 0. The lowest BCUT2D eigenvalue weighted by Gasteiger charge is -2.38. The molecule has 2 aliphatic heterocycles. The number of nitrogens with zero attached hydrogens (tertiary/aromatic N) is 1. The van der Waals surface area contributed by atoms with Crippen molar-refractivity contribution in [2.45, 2.75) is 43.9 Å². The van der Waals surface area contributed by atoms with Gasteiger partial charge in [-0.25, -0.2) is 0 Å². The molecule has 0 bridgehead atoms. The molecular weight excluding hydrogens is 166 g/mol. The van der Waals surface area contributed by atoms with E-state index in [2.05, 4.69) is 6.58 Å². The van der Waals surface area contributed by atoms with Gasteiger partial charge in [-0.05, 0) is 19.3 Å². The Morgan fingerprint density at radius 1 is 1.54 bits per heavy atom. The third-order valence-electron chi connectivity index (χ3n) is 3.06. The van der Waals surface area contributed by atoms with Crippen LogP contribution in [0.1, 0.15) is 25.7 Å². The molecule has 3 nitrogen and oxygen atoms in total. The highest BCUT2D eigenvalue weighted by atomic mass is 16.3. The van der Waals surface area contributed by atoms with Crippen molar-refractivity contribution < 1.29 is 9.90 Å². The van der Waals surface area contributed by atoms with Crippen LogP contribution >= 0.6 is 0 Å². The van der Waals surface area contributed by atoms with Crippen LogP contribution in [0.3, 0.4) is 0 Å². The predicted octanol–water partition coefficient (Wildman–Crippen LogP) is 0.687. The Kier molecular flexibility index (Phi) is 2.12. The molecule has 2 rings (SSSR count). The van der Waals surface area contributed by atoms with Crippen LogP contribution in [0.15, 0.2) is 12.7 Å². The van der Waals surface area contributed by atoms with Gasteiger partial charge in [0.05, 0.1) is 12.1 Å². The Bertz CT molecular complexity index is 239. The summed E-state index contributed by atoms with van der Waals surface area (Å²) in [5.41, 5.74) is 0. The molecule has 1 N–H and O–H groups in total. The molecule has 1 amide bonds. The maximum Gasteiger partial charge on any atom is 0.223 e. The van der Waals surface area contributed by atoms with Crippen LogP contribution in [-0.2, 0) is 4.79 Å². The zero-order valence-corrected chi connectivity index (χ0v) is 7.65. The van der Waals surface area contributed by atoms with Crippen molar-refractivity contribution in [2.24, 2.45) is 0 Å². The Hall–Kier alpha value is -0.830. The minimum absolute atomic E-state index is 0.0590. The highest BCUT2D eigenvalue weighted by Crippen LogP contribution is 2.32. The Morgan fingerprint density at radius 3 is 3.00 bits per heavy atom. The summed E-state index contributed by atoms with van der Waals surface area (Å²) in [5, 5.41) is 9.56. The fraction of sp³-hybridized carbons (Fsp3) is 0.700. The molecule has 2 fully saturated rings. The van der Waals surface area contributed by atoms with Gasteiger partial charge in [0.15, 0.2) is 0 Å². The average Bonchev–Trinajstić information content (AvgIpc) is 2.46. The quantitative estimate of drug-likeness (QED) is 0.604. The van der Waals surface area contributed by atoms with E-state index in [9.17, 15) is 9.90 Å². The van der Waals surface area contributed by atoms with E-state index >= 15 is 0 Å². The lowest BCUT2D eigenvalue weighted by molar-refractivity contribution is -0.132. The second kappa shape index (κ2) is 3.14. The molecule has 0 radical (unpaired) electrons. The first-order valence-corrected chi connectivity index (χ1v) is 4.84. The normalized spacial score (nSPS) is 39.0. The first kappa shape index (κ1) is 8.75. The van der Waals surface area contributed by atoms with Gasteiger partial charge in [-0.15, -0.1) is 6.58 Å². The van der Waals surface area contributed by atoms with Crippen molar-refractivity contribution in [3.63, 3.8) is 0 Å². The van der Waals surface area contributed by atoms with Crippen LogP contribution in [0, 0.1) is 0 Å². The first-order chi connectivity index (χ1) is 6.22. The number of hydrogen-bond donors (Lipinski definition) is 1. The molecule has 3 atom stereocenters. The van der Waals surface area contributed by atoms with Gasteiger partial charge in [0.25, 0.3) is 0 Å². The molecular formula is C10H15NO2.